The fraction of sp³-hybridized carbons (Fsp3) is 0.231. The molecule has 0 aliphatic carbocycles. The van der Waals surface area contributed by atoms with Gasteiger partial charge in [0.1, 0.15) is 0 Å². The fourth-order valence-corrected chi connectivity index (χ4v) is 1.67. The first-order valence-electron chi connectivity index (χ1n) is 5.03. The van der Waals surface area contributed by atoms with Gasteiger partial charge in [-0.15, -0.1) is 0 Å². The van der Waals surface area contributed by atoms with Crippen molar-refractivity contribution in [2.75, 3.05) is 0 Å². The number of hydrogen-bond acceptors (Lipinski definition) is 0. The van der Waals surface area contributed by atoms with E-state index in [1.54, 1.807) is 0 Å². The summed E-state index contributed by atoms with van der Waals surface area (Å²) < 4.78 is 0. The van der Waals surface area contributed by atoms with Crippen LogP contribution in [0.3, 0.4) is 0 Å². The number of aromatic amines is 1. The van der Waals surface area contributed by atoms with Crippen LogP contribution in [0.2, 0.25) is 0 Å². The van der Waals surface area contributed by atoms with Crippen LogP contribution in [0.1, 0.15) is 16.8 Å². The number of hydrogen-bond donors (Lipinski definition) is 1. The average Bonchev–Trinajstić information content (AvgIpc) is 2.63. The largest absolute Gasteiger partial charge is 0.365 e. The number of H-pyrrole nitrogens is 1. The Morgan fingerprint density at radius 1 is 1.00 bits per heavy atom. The van der Waals surface area contributed by atoms with E-state index in [0.717, 1.165) is 12.8 Å². The average molecular weight is 185 g/mol. The zero-order valence-electron chi connectivity index (χ0n) is 8.46. The number of rotatable bonds is 3. The van der Waals surface area contributed by atoms with Crippen LogP contribution in [0.5, 0.6) is 0 Å². The molecule has 0 aliphatic heterocycles. The van der Waals surface area contributed by atoms with Gasteiger partial charge in [-0.25, -0.2) is 0 Å². The lowest BCUT2D eigenvalue weighted by atomic mass is 10.1. The molecule has 0 radical (unpaired) electrons. The molecule has 2 aromatic rings. The van der Waals surface area contributed by atoms with Gasteiger partial charge >= 0.3 is 0 Å². The molecule has 0 amide bonds. The minimum Gasteiger partial charge on any atom is -0.365 e. The molecule has 0 spiro atoms. The van der Waals surface area contributed by atoms with Crippen LogP contribution >= 0.6 is 0 Å². The van der Waals surface area contributed by atoms with E-state index in [2.05, 4.69) is 48.3 Å². The van der Waals surface area contributed by atoms with Crippen LogP contribution in [0.15, 0.2) is 42.6 Å². The summed E-state index contributed by atoms with van der Waals surface area (Å²) in [5, 5.41) is 0. The third kappa shape index (κ3) is 2.05. The molecular weight excluding hydrogens is 170 g/mol. The summed E-state index contributed by atoms with van der Waals surface area (Å²) in [5.41, 5.74) is 4.12. The lowest BCUT2D eigenvalue weighted by molar-refractivity contribution is 0.916. The Labute approximate surface area is 84.8 Å². The van der Waals surface area contributed by atoms with Crippen LogP contribution < -0.4 is 0 Å². The molecule has 0 bridgehead atoms. The van der Waals surface area contributed by atoms with Crippen LogP contribution in [0, 0.1) is 6.92 Å². The molecule has 0 fully saturated rings. The van der Waals surface area contributed by atoms with E-state index >= 15 is 0 Å². The molecule has 0 saturated carbocycles. The van der Waals surface area contributed by atoms with Crippen LogP contribution in [0.25, 0.3) is 0 Å². The Hall–Kier alpha value is -1.50. The predicted octanol–water partition coefficient (Wildman–Crippen LogP) is 3.11. The van der Waals surface area contributed by atoms with E-state index in [-0.39, 0.29) is 0 Å². The predicted molar refractivity (Wildman–Crippen MR) is 59.4 cm³/mol. The zero-order valence-corrected chi connectivity index (χ0v) is 8.46. The quantitative estimate of drug-likeness (QED) is 0.756. The van der Waals surface area contributed by atoms with Crippen LogP contribution in [-0.2, 0) is 12.8 Å². The first-order chi connectivity index (χ1) is 6.86. The molecule has 0 aliphatic rings. The summed E-state index contributed by atoms with van der Waals surface area (Å²) in [6.45, 7) is 2.15. The number of nitrogens with one attached hydrogen (secondary N) is 1. The second-order valence-corrected chi connectivity index (χ2v) is 3.62. The van der Waals surface area contributed by atoms with Crippen molar-refractivity contribution in [2.24, 2.45) is 0 Å². The summed E-state index contributed by atoms with van der Waals surface area (Å²) in [6, 6.07) is 12.7. The first kappa shape index (κ1) is 9.07. The Kier molecular flexibility index (Phi) is 2.68. The fourth-order valence-electron chi connectivity index (χ4n) is 1.67. The van der Waals surface area contributed by atoms with Gasteiger partial charge in [-0.3, -0.25) is 0 Å². The third-order valence-electron chi connectivity index (χ3n) is 2.57. The van der Waals surface area contributed by atoms with Crippen molar-refractivity contribution >= 4 is 0 Å². The maximum Gasteiger partial charge on any atom is 0.0180 e. The van der Waals surface area contributed by atoms with Crippen molar-refractivity contribution in [2.45, 2.75) is 19.8 Å². The third-order valence-corrected chi connectivity index (χ3v) is 2.57. The van der Waals surface area contributed by atoms with Crippen molar-refractivity contribution in [3.63, 3.8) is 0 Å². The maximum atomic E-state index is 3.28. The molecule has 0 atom stereocenters. The minimum absolute atomic E-state index is 1.10. The molecule has 0 unspecified atom stereocenters. The molecule has 14 heavy (non-hydrogen) atoms. The smallest absolute Gasteiger partial charge is 0.0180 e. The lowest BCUT2D eigenvalue weighted by Crippen LogP contribution is -1.92. The standard InChI is InChI=1S/C13H15N/c1-11-9-10-14-13(11)8-7-12-5-3-2-4-6-12/h2-6,9-10,14H,7-8H2,1H3. The molecule has 2 rings (SSSR count). The van der Waals surface area contributed by atoms with Crippen molar-refractivity contribution in [3.05, 3.63) is 59.4 Å². The van der Waals surface area contributed by atoms with Gasteiger partial charge < -0.3 is 4.98 Å². The van der Waals surface area contributed by atoms with E-state index < -0.39 is 0 Å². The van der Waals surface area contributed by atoms with Crippen molar-refractivity contribution < 1.29 is 0 Å². The molecule has 1 nitrogen and oxygen atoms in total. The SMILES string of the molecule is Cc1cc[nH]c1CCc1ccccc1. The normalized spacial score (nSPS) is 10.4. The highest BCUT2D eigenvalue weighted by Crippen LogP contribution is 2.09. The summed E-state index contributed by atoms with van der Waals surface area (Å²) in [6.07, 6.45) is 4.22. The van der Waals surface area contributed by atoms with Gasteiger partial charge in [-0.05, 0) is 37.0 Å². The summed E-state index contributed by atoms with van der Waals surface area (Å²) in [4.78, 5) is 3.28. The first-order valence-corrected chi connectivity index (χ1v) is 5.03. The van der Waals surface area contributed by atoms with Crippen LogP contribution in [0.4, 0.5) is 0 Å². The monoisotopic (exact) mass is 185 g/mol. The molecule has 1 heteroatoms. The highest BCUT2D eigenvalue weighted by molar-refractivity contribution is 5.21. The Morgan fingerprint density at radius 3 is 2.43 bits per heavy atom. The molecule has 1 heterocycles. The van der Waals surface area contributed by atoms with Crippen molar-refractivity contribution in [1.82, 2.24) is 4.98 Å². The summed E-state index contributed by atoms with van der Waals surface area (Å²) >= 11 is 0. The Balaban J connectivity index is 1.99. The van der Waals surface area contributed by atoms with Crippen molar-refractivity contribution in [1.29, 1.82) is 0 Å². The van der Waals surface area contributed by atoms with E-state index in [1.165, 1.54) is 16.8 Å². The van der Waals surface area contributed by atoms with Gasteiger partial charge in [0.2, 0.25) is 0 Å². The number of aromatic nitrogens is 1. The zero-order chi connectivity index (χ0) is 9.80. The van der Waals surface area contributed by atoms with Gasteiger partial charge in [0.15, 0.2) is 0 Å². The highest BCUT2D eigenvalue weighted by atomic mass is 14.7. The summed E-state index contributed by atoms with van der Waals surface area (Å²) in [5.74, 6) is 0. The molecule has 0 saturated heterocycles. The molecular formula is C13H15N. The van der Waals surface area contributed by atoms with Gasteiger partial charge in [0.05, 0.1) is 0 Å². The molecule has 1 aromatic carbocycles. The Morgan fingerprint density at radius 2 is 1.79 bits per heavy atom. The van der Waals surface area contributed by atoms with Gasteiger partial charge in [-0.2, -0.15) is 0 Å². The highest BCUT2D eigenvalue weighted by Gasteiger charge is 1.98. The van der Waals surface area contributed by atoms with Gasteiger partial charge in [0.25, 0.3) is 0 Å². The van der Waals surface area contributed by atoms with E-state index in [0.29, 0.717) is 0 Å². The van der Waals surface area contributed by atoms with E-state index in [1.807, 2.05) is 6.20 Å². The van der Waals surface area contributed by atoms with Gasteiger partial charge in [-0.1, -0.05) is 30.3 Å². The number of aryl methyl sites for hydroxylation is 3. The molecule has 72 valence electrons. The molecule has 1 aromatic heterocycles. The second kappa shape index (κ2) is 4.14. The topological polar surface area (TPSA) is 15.8 Å². The number of benzene rings is 1. The molecule has 1 N–H and O–H groups in total. The Bertz CT molecular complexity index is 387. The van der Waals surface area contributed by atoms with Crippen LogP contribution in [-0.4, -0.2) is 4.98 Å². The van der Waals surface area contributed by atoms with Gasteiger partial charge in [0, 0.05) is 11.9 Å². The van der Waals surface area contributed by atoms with E-state index in [9.17, 15) is 0 Å². The summed E-state index contributed by atoms with van der Waals surface area (Å²) in [7, 11) is 0. The van der Waals surface area contributed by atoms with Crippen molar-refractivity contribution in [3.8, 4) is 0 Å². The maximum absolute atomic E-state index is 3.28. The second-order valence-electron chi connectivity index (χ2n) is 3.62. The lowest BCUT2D eigenvalue weighted by Gasteiger charge is -2.00. The van der Waals surface area contributed by atoms with E-state index in [4.69, 9.17) is 0 Å². The minimum atomic E-state index is 1.10.